The highest BCUT2D eigenvalue weighted by molar-refractivity contribution is 6.35. The fraction of sp³-hybridized carbons (Fsp3) is 0.467. The molecule has 2 aliphatic heterocycles. The number of anilines is 1. The van der Waals surface area contributed by atoms with Gasteiger partial charge >= 0.3 is 5.97 Å². The average molecular weight is 600 g/mol. The minimum atomic E-state index is -0.727. The highest BCUT2D eigenvalue weighted by Crippen LogP contribution is 2.31. The van der Waals surface area contributed by atoms with Crippen molar-refractivity contribution in [3.8, 4) is 22.9 Å². The fourth-order valence-electron chi connectivity index (χ4n) is 5.49. The first-order chi connectivity index (χ1) is 19.7. The number of benzene rings is 1. The molecule has 41 heavy (non-hydrogen) atoms. The van der Waals surface area contributed by atoms with Gasteiger partial charge in [-0.15, -0.1) is 0 Å². The van der Waals surface area contributed by atoms with Gasteiger partial charge < -0.3 is 14.7 Å². The Morgan fingerprint density at radius 3 is 2.24 bits per heavy atom. The Bertz CT molecular complexity index is 1320. The van der Waals surface area contributed by atoms with Crippen molar-refractivity contribution >= 4 is 35.1 Å². The summed E-state index contributed by atoms with van der Waals surface area (Å²) in [6.45, 7) is 10.6. The molecule has 2 saturated heterocycles. The lowest BCUT2D eigenvalue weighted by Crippen LogP contribution is -2.49. The number of aliphatic carboxylic acids is 1. The zero-order valence-electron chi connectivity index (χ0n) is 23.5. The molecular weight excluding hydrogens is 563 g/mol. The molecule has 0 unspecified atom stereocenters. The number of piperidine rings is 1. The van der Waals surface area contributed by atoms with Crippen molar-refractivity contribution in [2.75, 3.05) is 44.2 Å². The second-order valence-electron chi connectivity index (χ2n) is 11.1. The molecule has 1 aromatic carbocycles. The second-order valence-corrected chi connectivity index (χ2v) is 12.0. The molecule has 0 amide bonds. The maximum atomic E-state index is 11.1. The van der Waals surface area contributed by atoms with Gasteiger partial charge in [-0.25, -0.2) is 15.0 Å². The summed E-state index contributed by atoms with van der Waals surface area (Å²) in [6.07, 6.45) is 5.35. The Balaban J connectivity index is 1.32. The first-order valence-electron chi connectivity index (χ1n) is 14.1. The molecule has 5 rings (SSSR count). The third-order valence-corrected chi connectivity index (χ3v) is 8.20. The van der Waals surface area contributed by atoms with E-state index in [1.165, 1.54) is 0 Å². The molecule has 4 heterocycles. The van der Waals surface area contributed by atoms with Gasteiger partial charge in [0.15, 0.2) is 5.75 Å². The Morgan fingerprint density at radius 1 is 0.976 bits per heavy atom. The van der Waals surface area contributed by atoms with E-state index in [1.807, 2.05) is 24.3 Å². The number of hydrogen-bond donors (Lipinski definition) is 1. The van der Waals surface area contributed by atoms with Gasteiger partial charge in [0.05, 0.1) is 18.1 Å². The van der Waals surface area contributed by atoms with Gasteiger partial charge in [-0.05, 0) is 75.5 Å². The summed E-state index contributed by atoms with van der Waals surface area (Å²) in [5.74, 6) is 1.13. The lowest BCUT2D eigenvalue weighted by atomic mass is 9.93. The van der Waals surface area contributed by atoms with Crippen molar-refractivity contribution in [3.05, 3.63) is 58.3 Å². The van der Waals surface area contributed by atoms with Crippen molar-refractivity contribution in [1.82, 2.24) is 24.8 Å². The lowest BCUT2D eigenvalue weighted by Gasteiger charge is -2.36. The molecule has 2 aromatic heterocycles. The molecule has 2 fully saturated rings. The predicted molar refractivity (Wildman–Crippen MR) is 161 cm³/mol. The van der Waals surface area contributed by atoms with Crippen LogP contribution in [0.4, 0.5) is 5.95 Å². The minimum absolute atomic E-state index is 0.228. The quantitative estimate of drug-likeness (QED) is 0.325. The smallest absolute Gasteiger partial charge is 0.303 e. The van der Waals surface area contributed by atoms with Crippen LogP contribution in [0.3, 0.4) is 0 Å². The molecular formula is C30H36Cl2N6O3. The van der Waals surface area contributed by atoms with Gasteiger partial charge in [0.1, 0.15) is 0 Å². The number of piperazine rings is 1. The largest absolute Gasteiger partial charge is 0.481 e. The standard InChI is InChI=1S/C30H36Cl2N6O3/c1-20(2)37-7-9-38(10-8-37)30-33-17-26(18-34-30)41-28-12-22(19-36-5-3-21(4-6-36)13-29(39)40)11-27(35-28)23-14-24(31)16-25(32)15-23/h11-12,14-18,20-21H,3-10,13,19H2,1-2H3,(H,39,40). The van der Waals surface area contributed by atoms with Crippen molar-refractivity contribution in [2.24, 2.45) is 5.92 Å². The minimum Gasteiger partial charge on any atom is -0.481 e. The lowest BCUT2D eigenvalue weighted by molar-refractivity contribution is -0.138. The summed E-state index contributed by atoms with van der Waals surface area (Å²) < 4.78 is 6.17. The van der Waals surface area contributed by atoms with Crippen LogP contribution in [0, 0.1) is 5.92 Å². The molecule has 2 aliphatic rings. The number of halogens is 2. The van der Waals surface area contributed by atoms with Crippen LogP contribution >= 0.6 is 23.2 Å². The molecule has 0 atom stereocenters. The SMILES string of the molecule is CC(C)N1CCN(c2ncc(Oc3cc(CN4CCC(CC(=O)O)CC4)cc(-c4cc(Cl)cc(Cl)c4)n3)cn2)CC1. The molecule has 0 radical (unpaired) electrons. The van der Waals surface area contributed by atoms with Gasteiger partial charge in [-0.2, -0.15) is 0 Å². The van der Waals surface area contributed by atoms with E-state index in [2.05, 4.69) is 38.5 Å². The summed E-state index contributed by atoms with van der Waals surface area (Å²) in [4.78, 5) is 32.0. The van der Waals surface area contributed by atoms with Crippen molar-refractivity contribution in [1.29, 1.82) is 0 Å². The van der Waals surface area contributed by atoms with E-state index in [1.54, 1.807) is 18.5 Å². The molecule has 0 spiro atoms. The van der Waals surface area contributed by atoms with E-state index in [4.69, 9.17) is 38.0 Å². The summed E-state index contributed by atoms with van der Waals surface area (Å²) >= 11 is 12.6. The number of likely N-dealkylation sites (tertiary alicyclic amines) is 1. The molecule has 1 N–H and O–H groups in total. The molecule has 0 aliphatic carbocycles. The van der Waals surface area contributed by atoms with Crippen LogP contribution in [0.5, 0.6) is 11.6 Å². The van der Waals surface area contributed by atoms with Gasteiger partial charge in [0, 0.05) is 66.9 Å². The number of aromatic nitrogens is 3. The highest BCUT2D eigenvalue weighted by Gasteiger charge is 2.23. The van der Waals surface area contributed by atoms with Crippen LogP contribution in [-0.2, 0) is 11.3 Å². The van der Waals surface area contributed by atoms with E-state index in [0.29, 0.717) is 45.9 Å². The van der Waals surface area contributed by atoms with E-state index in [-0.39, 0.29) is 12.3 Å². The Morgan fingerprint density at radius 2 is 1.63 bits per heavy atom. The van der Waals surface area contributed by atoms with E-state index >= 15 is 0 Å². The number of carbonyl (C=O) groups is 1. The zero-order valence-corrected chi connectivity index (χ0v) is 25.0. The first kappa shape index (κ1) is 29.5. The number of carboxylic acid groups (broad SMARTS) is 1. The number of ether oxygens (including phenoxy) is 1. The summed E-state index contributed by atoms with van der Waals surface area (Å²) in [6, 6.07) is 9.84. The monoisotopic (exact) mass is 598 g/mol. The Hall–Kier alpha value is -2.98. The molecule has 0 saturated carbocycles. The number of nitrogens with zero attached hydrogens (tertiary/aromatic N) is 6. The Labute approximate surface area is 251 Å². The van der Waals surface area contributed by atoms with E-state index < -0.39 is 5.97 Å². The van der Waals surface area contributed by atoms with Crippen molar-refractivity contribution in [3.63, 3.8) is 0 Å². The van der Waals surface area contributed by atoms with Gasteiger partial charge in [-0.3, -0.25) is 14.6 Å². The normalized spacial score (nSPS) is 17.2. The first-order valence-corrected chi connectivity index (χ1v) is 14.9. The second kappa shape index (κ2) is 13.3. The van der Waals surface area contributed by atoms with Crippen LogP contribution < -0.4 is 9.64 Å². The number of pyridine rings is 1. The maximum absolute atomic E-state index is 11.1. The van der Waals surface area contributed by atoms with Crippen LogP contribution in [-0.4, -0.2) is 81.1 Å². The fourth-order valence-corrected chi connectivity index (χ4v) is 6.02. The van der Waals surface area contributed by atoms with Gasteiger partial charge in [0.2, 0.25) is 11.8 Å². The molecule has 0 bridgehead atoms. The summed E-state index contributed by atoms with van der Waals surface area (Å²) in [7, 11) is 0. The Kier molecular flexibility index (Phi) is 9.60. The highest BCUT2D eigenvalue weighted by atomic mass is 35.5. The van der Waals surface area contributed by atoms with Crippen LogP contribution in [0.1, 0.15) is 38.7 Å². The molecule has 11 heteroatoms. The van der Waals surface area contributed by atoms with Gasteiger partial charge in [-0.1, -0.05) is 23.2 Å². The molecule has 9 nitrogen and oxygen atoms in total. The van der Waals surface area contributed by atoms with Crippen molar-refractivity contribution in [2.45, 2.75) is 45.7 Å². The topological polar surface area (TPSA) is 94.9 Å². The number of carboxylic acids is 1. The number of hydrogen-bond acceptors (Lipinski definition) is 8. The molecule has 218 valence electrons. The maximum Gasteiger partial charge on any atom is 0.303 e. The zero-order chi connectivity index (χ0) is 28.9. The third kappa shape index (κ3) is 8.07. The van der Waals surface area contributed by atoms with Crippen molar-refractivity contribution < 1.29 is 14.6 Å². The van der Waals surface area contributed by atoms with E-state index in [9.17, 15) is 4.79 Å². The van der Waals surface area contributed by atoms with Crippen LogP contribution in [0.2, 0.25) is 10.0 Å². The predicted octanol–water partition coefficient (Wildman–Crippen LogP) is 5.85. The summed E-state index contributed by atoms with van der Waals surface area (Å²) in [5, 5.41) is 10.2. The third-order valence-electron chi connectivity index (χ3n) is 7.76. The molecule has 3 aromatic rings. The number of rotatable bonds is 9. The average Bonchev–Trinajstić information content (AvgIpc) is 2.94. The van der Waals surface area contributed by atoms with Crippen LogP contribution in [0.15, 0.2) is 42.7 Å². The van der Waals surface area contributed by atoms with E-state index in [0.717, 1.165) is 63.2 Å². The van der Waals surface area contributed by atoms with Crippen LogP contribution in [0.25, 0.3) is 11.3 Å². The van der Waals surface area contributed by atoms with Gasteiger partial charge in [0.25, 0.3) is 0 Å². The summed E-state index contributed by atoms with van der Waals surface area (Å²) in [5.41, 5.74) is 2.52.